The maximum absolute atomic E-state index is 12.2. The molecule has 0 aliphatic rings. The van der Waals surface area contributed by atoms with Crippen molar-refractivity contribution in [1.82, 2.24) is 9.97 Å². The van der Waals surface area contributed by atoms with Crippen molar-refractivity contribution >= 4 is 29.6 Å². The van der Waals surface area contributed by atoms with Gasteiger partial charge in [-0.05, 0) is 61.9 Å². The highest BCUT2D eigenvalue weighted by molar-refractivity contribution is 5.93. The lowest BCUT2D eigenvalue weighted by molar-refractivity contribution is -0.106. The molecule has 3 heterocycles. The van der Waals surface area contributed by atoms with Crippen molar-refractivity contribution in [1.29, 1.82) is 0 Å². The van der Waals surface area contributed by atoms with Crippen LogP contribution in [0.25, 0.3) is 11.3 Å². The monoisotopic (exact) mass is 456 g/mol. The molecule has 0 fully saturated rings. The Hall–Kier alpha value is -4.46. The Labute approximate surface area is 197 Å². The summed E-state index contributed by atoms with van der Waals surface area (Å²) in [4.78, 5) is 34.3. The summed E-state index contributed by atoms with van der Waals surface area (Å²) in [6, 6.07) is 16.4. The third-order valence-electron chi connectivity index (χ3n) is 5.18. The third-order valence-corrected chi connectivity index (χ3v) is 5.18. The van der Waals surface area contributed by atoms with Crippen LogP contribution in [0.1, 0.15) is 28.6 Å². The van der Waals surface area contributed by atoms with Crippen molar-refractivity contribution in [3.63, 3.8) is 0 Å². The van der Waals surface area contributed by atoms with Crippen molar-refractivity contribution in [3.05, 3.63) is 90.1 Å². The molecule has 4 aromatic rings. The number of esters is 1. The van der Waals surface area contributed by atoms with Crippen LogP contribution in [0.3, 0.4) is 0 Å². The molecule has 8 heteroatoms. The molecule has 1 aromatic carbocycles. The quantitative estimate of drug-likeness (QED) is 0.275. The van der Waals surface area contributed by atoms with Gasteiger partial charge in [-0.1, -0.05) is 12.1 Å². The molecule has 4 rings (SSSR count). The maximum atomic E-state index is 12.2. The maximum Gasteiger partial charge on any atom is 0.341 e. The zero-order valence-corrected chi connectivity index (χ0v) is 18.9. The number of anilines is 3. The number of nitrogens with one attached hydrogen (secondary N) is 1. The van der Waals surface area contributed by atoms with Crippen LogP contribution in [0.5, 0.6) is 0 Å². The van der Waals surface area contributed by atoms with Gasteiger partial charge >= 0.3 is 5.97 Å². The van der Waals surface area contributed by atoms with Gasteiger partial charge in [0.15, 0.2) is 5.82 Å². The minimum atomic E-state index is -0.430. The second kappa shape index (κ2) is 10.4. The number of aryl methyl sites for hydroxylation is 1. The van der Waals surface area contributed by atoms with Gasteiger partial charge in [-0.3, -0.25) is 14.7 Å². The fourth-order valence-corrected chi connectivity index (χ4v) is 3.52. The van der Waals surface area contributed by atoms with Crippen molar-refractivity contribution in [3.8, 4) is 11.3 Å². The second-order valence-corrected chi connectivity index (χ2v) is 7.41. The van der Waals surface area contributed by atoms with E-state index in [1.54, 1.807) is 44.6 Å². The Balaban J connectivity index is 1.63. The fourth-order valence-electron chi connectivity index (χ4n) is 3.52. The van der Waals surface area contributed by atoms with Gasteiger partial charge in [0.2, 0.25) is 6.41 Å². The van der Waals surface area contributed by atoms with Gasteiger partial charge in [0.05, 0.1) is 12.3 Å². The Morgan fingerprint density at radius 3 is 2.71 bits per heavy atom. The van der Waals surface area contributed by atoms with Crippen molar-refractivity contribution in [2.45, 2.75) is 20.4 Å². The number of carbonyl (C=O) groups is 2. The minimum absolute atomic E-state index is 0.283. The average molecular weight is 457 g/mol. The van der Waals surface area contributed by atoms with Crippen LogP contribution in [0.15, 0.2) is 77.6 Å². The Bertz CT molecular complexity index is 1290. The van der Waals surface area contributed by atoms with Crippen LogP contribution in [-0.4, -0.2) is 29.0 Å². The predicted octanol–water partition coefficient (Wildman–Crippen LogP) is 5.13. The summed E-state index contributed by atoms with van der Waals surface area (Å²) in [7, 11) is 0. The van der Waals surface area contributed by atoms with Gasteiger partial charge in [-0.25, -0.2) is 9.78 Å². The molecule has 0 saturated heterocycles. The van der Waals surface area contributed by atoms with Crippen molar-refractivity contribution < 1.29 is 18.7 Å². The molecule has 0 spiro atoms. The van der Waals surface area contributed by atoms with Gasteiger partial charge in [0.1, 0.15) is 17.1 Å². The van der Waals surface area contributed by atoms with E-state index in [1.165, 1.54) is 4.90 Å². The molecule has 1 N–H and O–H groups in total. The van der Waals surface area contributed by atoms with E-state index in [1.807, 2.05) is 42.5 Å². The van der Waals surface area contributed by atoms with E-state index < -0.39 is 5.97 Å². The third kappa shape index (κ3) is 4.96. The lowest BCUT2D eigenvalue weighted by Crippen LogP contribution is -2.17. The van der Waals surface area contributed by atoms with Gasteiger partial charge in [0, 0.05) is 36.4 Å². The molecule has 1 amide bonds. The van der Waals surface area contributed by atoms with Crippen molar-refractivity contribution in [2.75, 3.05) is 16.8 Å². The Morgan fingerprint density at radius 2 is 1.94 bits per heavy atom. The normalized spacial score (nSPS) is 10.5. The molecule has 0 unspecified atom stereocenters. The standard InChI is InChI=1S/C26H24N4O4/c1-3-33-26(32)22-15-24(34-18(22)2)20-6-4-7-21(14-20)30(17-31)23-8-5-11-28-25(23)29-16-19-9-12-27-13-10-19/h4-15,17H,3,16H2,1-2H3,(H,28,29). The van der Waals surface area contributed by atoms with Gasteiger partial charge in [-0.15, -0.1) is 0 Å². The molecular weight excluding hydrogens is 432 g/mol. The van der Waals surface area contributed by atoms with E-state index in [2.05, 4.69) is 15.3 Å². The molecule has 0 radical (unpaired) electrons. The first kappa shape index (κ1) is 22.7. The van der Waals surface area contributed by atoms with Gasteiger partial charge in [0.25, 0.3) is 0 Å². The summed E-state index contributed by atoms with van der Waals surface area (Å²) in [5, 5.41) is 3.29. The number of carbonyl (C=O) groups excluding carboxylic acids is 2. The van der Waals surface area contributed by atoms with E-state index in [0.29, 0.717) is 40.8 Å². The van der Waals surface area contributed by atoms with E-state index in [4.69, 9.17) is 9.15 Å². The number of furan rings is 1. The lowest BCUT2D eigenvalue weighted by Gasteiger charge is -2.21. The van der Waals surface area contributed by atoms with E-state index in [-0.39, 0.29) is 6.61 Å². The lowest BCUT2D eigenvalue weighted by atomic mass is 10.1. The average Bonchev–Trinajstić information content (AvgIpc) is 3.27. The Kier molecular flexibility index (Phi) is 6.98. The zero-order valence-electron chi connectivity index (χ0n) is 18.9. The molecule has 3 aromatic heterocycles. The van der Waals surface area contributed by atoms with E-state index >= 15 is 0 Å². The summed E-state index contributed by atoms with van der Waals surface area (Å²) in [5.74, 6) is 1.12. The molecule has 34 heavy (non-hydrogen) atoms. The number of hydrogen-bond acceptors (Lipinski definition) is 7. The predicted molar refractivity (Wildman–Crippen MR) is 129 cm³/mol. The molecule has 0 saturated carbocycles. The van der Waals surface area contributed by atoms with Gasteiger partial charge in [-0.2, -0.15) is 0 Å². The highest BCUT2D eigenvalue weighted by Gasteiger charge is 2.19. The van der Waals surface area contributed by atoms with Crippen LogP contribution in [0.2, 0.25) is 0 Å². The van der Waals surface area contributed by atoms with Crippen LogP contribution in [0, 0.1) is 6.92 Å². The SMILES string of the molecule is CCOC(=O)c1cc(-c2cccc(N(C=O)c3cccnc3NCc3ccncc3)c2)oc1C. The molecule has 0 aliphatic heterocycles. The summed E-state index contributed by atoms with van der Waals surface area (Å²) in [6.07, 6.45) is 5.86. The molecule has 0 aliphatic carbocycles. The summed E-state index contributed by atoms with van der Waals surface area (Å²) in [5.41, 5.74) is 3.37. The first-order valence-corrected chi connectivity index (χ1v) is 10.8. The largest absolute Gasteiger partial charge is 0.462 e. The van der Waals surface area contributed by atoms with Crippen LogP contribution < -0.4 is 10.2 Å². The number of aromatic nitrogens is 2. The number of hydrogen-bond donors (Lipinski definition) is 1. The second-order valence-electron chi connectivity index (χ2n) is 7.41. The van der Waals surface area contributed by atoms with Crippen LogP contribution >= 0.6 is 0 Å². The first-order valence-electron chi connectivity index (χ1n) is 10.8. The van der Waals surface area contributed by atoms with Crippen LogP contribution in [-0.2, 0) is 16.1 Å². The summed E-state index contributed by atoms with van der Waals surface area (Å²) < 4.78 is 10.9. The molecule has 0 bridgehead atoms. The molecule has 0 atom stereocenters. The number of nitrogens with zero attached hydrogens (tertiary/aromatic N) is 3. The summed E-state index contributed by atoms with van der Waals surface area (Å²) >= 11 is 0. The molecule has 172 valence electrons. The zero-order chi connectivity index (χ0) is 23.9. The summed E-state index contributed by atoms with van der Waals surface area (Å²) in [6.45, 7) is 4.28. The number of ether oxygens (including phenoxy) is 1. The van der Waals surface area contributed by atoms with E-state index in [9.17, 15) is 9.59 Å². The first-order chi connectivity index (χ1) is 16.6. The van der Waals surface area contributed by atoms with Crippen molar-refractivity contribution in [2.24, 2.45) is 0 Å². The van der Waals surface area contributed by atoms with Crippen LogP contribution in [0.4, 0.5) is 17.2 Å². The topological polar surface area (TPSA) is 97.6 Å². The smallest absolute Gasteiger partial charge is 0.341 e. The number of benzene rings is 1. The highest BCUT2D eigenvalue weighted by atomic mass is 16.5. The molecule has 8 nitrogen and oxygen atoms in total. The number of pyridine rings is 2. The highest BCUT2D eigenvalue weighted by Crippen LogP contribution is 2.33. The number of rotatable bonds is 9. The fraction of sp³-hybridized carbons (Fsp3) is 0.154. The van der Waals surface area contributed by atoms with E-state index in [0.717, 1.165) is 17.5 Å². The number of amides is 1. The molecular formula is C26H24N4O4. The Morgan fingerprint density at radius 1 is 1.12 bits per heavy atom. The van der Waals surface area contributed by atoms with Gasteiger partial charge < -0.3 is 14.5 Å². The minimum Gasteiger partial charge on any atom is -0.462 e.